The lowest BCUT2D eigenvalue weighted by molar-refractivity contribution is -0.147. The van der Waals surface area contributed by atoms with Crippen molar-refractivity contribution in [2.45, 2.75) is 119 Å². The molecule has 3 heterocycles. The van der Waals surface area contributed by atoms with Crippen molar-refractivity contribution >= 4 is 51.9 Å². The molecule has 4 unspecified atom stereocenters. The molecule has 27 nitrogen and oxygen atoms in total. The van der Waals surface area contributed by atoms with E-state index in [0.717, 1.165) is 34.9 Å². The van der Waals surface area contributed by atoms with Crippen LogP contribution in [0.25, 0.3) is 0 Å². The Hall–Kier alpha value is -6.24. The van der Waals surface area contributed by atoms with E-state index >= 15 is 0 Å². The Morgan fingerprint density at radius 1 is 0.817 bits per heavy atom. The Bertz CT molecular complexity index is 2370. The van der Waals surface area contributed by atoms with Crippen LogP contribution < -0.4 is 36.5 Å². The number of rotatable bonds is 12. The number of ether oxygens (including phenoxy) is 1. The van der Waals surface area contributed by atoms with Crippen LogP contribution in [0.5, 0.6) is 11.5 Å². The molecule has 28 heteroatoms. The maximum atomic E-state index is 14.7. The van der Waals surface area contributed by atoms with Gasteiger partial charge in [-0.2, -0.15) is 8.42 Å². The molecule has 0 aromatic heterocycles. The molecule has 0 radical (unpaired) electrons. The van der Waals surface area contributed by atoms with E-state index in [2.05, 4.69) is 30.8 Å². The summed E-state index contributed by atoms with van der Waals surface area (Å²) in [5, 5.41) is 88.7. The highest BCUT2D eigenvalue weighted by molar-refractivity contribution is 7.81. The summed E-state index contributed by atoms with van der Waals surface area (Å²) in [4.78, 5) is 98.8. The summed E-state index contributed by atoms with van der Waals surface area (Å²) in [5.74, 6) is -9.50. The van der Waals surface area contributed by atoms with Gasteiger partial charge in [-0.1, -0.05) is 43.3 Å². The van der Waals surface area contributed by atoms with Crippen molar-refractivity contribution in [2.75, 3.05) is 26.2 Å². The second kappa shape index (κ2) is 24.3. The van der Waals surface area contributed by atoms with E-state index in [4.69, 9.17) is 10.5 Å². The predicted octanol–water partition coefficient (Wildman–Crippen LogP) is -5.63. The summed E-state index contributed by atoms with van der Waals surface area (Å²) >= 11 is 0. The van der Waals surface area contributed by atoms with Crippen LogP contribution in [0.15, 0.2) is 48.5 Å². The highest BCUT2D eigenvalue weighted by Crippen LogP contribution is 2.30. The van der Waals surface area contributed by atoms with Crippen molar-refractivity contribution in [2.24, 2.45) is 11.7 Å². The zero-order chi connectivity index (χ0) is 52.5. The van der Waals surface area contributed by atoms with Crippen molar-refractivity contribution in [1.29, 1.82) is 0 Å². The average Bonchev–Trinajstić information content (AvgIpc) is 3.85. The number of nitrogens with one attached hydrogen (secondary N) is 5. The van der Waals surface area contributed by atoms with E-state index in [9.17, 15) is 82.3 Å². The number of hydrogen-bond acceptors (Lipinski definition) is 19. The second-order valence-corrected chi connectivity index (χ2v) is 18.7. The molecule has 2 aromatic rings. The van der Waals surface area contributed by atoms with Crippen LogP contribution in [-0.2, 0) is 56.9 Å². The predicted molar refractivity (Wildman–Crippen MR) is 241 cm³/mol. The molecule has 71 heavy (non-hydrogen) atoms. The minimum absolute atomic E-state index is 0.0999. The Morgan fingerprint density at radius 2 is 1.46 bits per heavy atom. The molecule has 3 fully saturated rings. The van der Waals surface area contributed by atoms with Gasteiger partial charge in [0.2, 0.25) is 35.4 Å². The van der Waals surface area contributed by atoms with Gasteiger partial charge in [0, 0.05) is 44.9 Å². The molecule has 3 aliphatic rings. The van der Waals surface area contributed by atoms with E-state index in [1.54, 1.807) is 30.3 Å². The Labute approximate surface area is 406 Å². The lowest BCUT2D eigenvalue weighted by atomic mass is 9.98. The number of nitrogens with zero attached hydrogens (tertiary/aromatic N) is 2. The topological polar surface area (TPSA) is 427 Å². The maximum absolute atomic E-state index is 14.7. The average molecular weight is 1030 g/mol. The quantitative estimate of drug-likeness (QED) is 0.0881. The number of aromatic hydroxyl groups is 1. The van der Waals surface area contributed by atoms with Crippen LogP contribution in [0.2, 0.25) is 0 Å². The summed E-state index contributed by atoms with van der Waals surface area (Å²) in [7, 11) is -5.20. The molecule has 0 spiro atoms. The highest BCUT2D eigenvalue weighted by Gasteiger charge is 2.49. The van der Waals surface area contributed by atoms with Crippen molar-refractivity contribution in [3.8, 4) is 11.5 Å². The van der Waals surface area contributed by atoms with Crippen molar-refractivity contribution in [3.63, 3.8) is 0 Å². The van der Waals surface area contributed by atoms with Gasteiger partial charge < -0.3 is 86.8 Å². The van der Waals surface area contributed by atoms with Gasteiger partial charge in [-0.15, -0.1) is 0 Å². The standard InChI is InChI=1S/C43H60N8O19S/c1-20-17-51-35(36(20)58)40(62)46-16-24(53)14-26(44)37(59)47-32(21(2)52)41(63)50-18-25(54)15-27(50)38(60)48-33(30(57)12-23-8-9-28(55)31(13-23)70-71(66,67)68)39(61)49-34(42(51)64)29(56)10-11-45-43(65)69-19-22-6-4-3-5-7-22/h3-9,13,20-21,24-27,29-30,32-36,52-58H,10-12,14-19,44H2,1-2H3,(H,45,65)(H,46,62)(H,47,59)(H,48,60)(H,49,61)(H,66,67,68)/t20-,21+,24+,25+,26?,27?,29-,30+,32-,33-,34?,35?,36-/m0/s1. The van der Waals surface area contributed by atoms with Crippen molar-refractivity contribution in [3.05, 3.63) is 59.7 Å². The van der Waals surface area contributed by atoms with Gasteiger partial charge in [0.25, 0.3) is 0 Å². The summed E-state index contributed by atoms with van der Waals surface area (Å²) in [6, 6.07) is 0.330. The van der Waals surface area contributed by atoms with Crippen LogP contribution in [0.4, 0.5) is 4.79 Å². The van der Waals surface area contributed by atoms with Crippen LogP contribution in [0.1, 0.15) is 44.2 Å². The summed E-state index contributed by atoms with van der Waals surface area (Å²) in [6.45, 7) is 0.565. The van der Waals surface area contributed by atoms with Gasteiger partial charge >= 0.3 is 16.5 Å². The number of alkyl carbamates (subject to hydrolysis) is 1. The summed E-state index contributed by atoms with van der Waals surface area (Å²) in [5.41, 5.74) is 6.59. The maximum Gasteiger partial charge on any atom is 0.446 e. The number of β-amino-alcohol motifs (C(OH)–C–C–N with tert-alkyl or cyclic N) is 1. The Balaban J connectivity index is 1.55. The first kappa shape index (κ1) is 55.7. The first-order valence-electron chi connectivity index (χ1n) is 22.4. The van der Waals surface area contributed by atoms with Crippen molar-refractivity contribution in [1.82, 2.24) is 36.4 Å². The van der Waals surface area contributed by atoms with Gasteiger partial charge in [0.15, 0.2) is 11.5 Å². The number of fused-ring (bicyclic) bond motifs is 2. The molecule has 2 aromatic carbocycles. The normalized spacial score (nSPS) is 28.7. The minimum Gasteiger partial charge on any atom is -0.504 e. The van der Waals surface area contributed by atoms with Gasteiger partial charge in [-0.05, 0) is 43.0 Å². The summed E-state index contributed by atoms with van der Waals surface area (Å²) in [6.07, 6.45) is -13.5. The third kappa shape index (κ3) is 14.9. The molecule has 3 saturated heterocycles. The number of nitrogens with two attached hydrogens (primary N) is 1. The van der Waals surface area contributed by atoms with Crippen LogP contribution in [0, 0.1) is 5.92 Å². The Kier molecular flexibility index (Phi) is 19.0. The molecule has 0 bridgehead atoms. The molecule has 0 aliphatic carbocycles. The van der Waals surface area contributed by atoms with Crippen molar-refractivity contribution < 1.29 is 91.2 Å². The van der Waals surface area contributed by atoms with E-state index in [1.807, 2.05) is 0 Å². The zero-order valence-corrected chi connectivity index (χ0v) is 39.3. The number of phenols is 1. The molecule has 15 N–H and O–H groups in total. The molecular formula is C43H60N8O19S. The number of hydrogen-bond donors (Lipinski definition) is 14. The molecular weight excluding hydrogens is 965 g/mol. The lowest BCUT2D eigenvalue weighted by Gasteiger charge is -2.34. The fourth-order valence-corrected chi connectivity index (χ4v) is 8.67. The number of aliphatic hydroxyl groups is 6. The van der Waals surface area contributed by atoms with Gasteiger partial charge in [-0.25, -0.2) is 4.79 Å². The summed E-state index contributed by atoms with van der Waals surface area (Å²) < 4.78 is 41.8. The van der Waals surface area contributed by atoms with Gasteiger partial charge in [0.1, 0.15) is 36.8 Å². The van der Waals surface area contributed by atoms with Gasteiger partial charge in [-0.3, -0.25) is 33.3 Å². The highest BCUT2D eigenvalue weighted by atomic mass is 32.3. The third-order valence-electron chi connectivity index (χ3n) is 12.1. The molecule has 7 amide bonds. The van der Waals surface area contributed by atoms with Crippen LogP contribution >= 0.6 is 0 Å². The monoisotopic (exact) mass is 1020 g/mol. The number of phenolic OH excluding ortho intramolecular Hbond substituents is 1. The second-order valence-electron chi connectivity index (χ2n) is 17.7. The minimum atomic E-state index is -5.20. The van der Waals surface area contributed by atoms with E-state index in [1.165, 1.54) is 6.92 Å². The number of carbonyl (C=O) groups excluding carboxylic acids is 7. The fourth-order valence-electron chi connectivity index (χ4n) is 8.31. The van der Waals surface area contributed by atoms with E-state index in [0.29, 0.717) is 5.56 Å². The number of amides is 7. The first-order chi connectivity index (χ1) is 33.3. The SMILES string of the molecule is C[C@@H](O)[C@@H]1NC(=O)C(N)C[C@@H](O)CNC(=O)C2[C@@H](O)[C@@H](C)CN2C(=O)C([C@@H](O)CCNC(=O)OCc2ccccc2)NC(=O)[C@H]([C@H](O)Cc2ccc(O)c(OS(=O)(=O)O)c2)NC(=O)C2C[C@@H](O)CN2C1=O. The molecule has 5 rings (SSSR count). The molecule has 392 valence electrons. The molecule has 0 saturated carbocycles. The van der Waals surface area contributed by atoms with Gasteiger partial charge in [0.05, 0.1) is 42.7 Å². The third-order valence-corrected chi connectivity index (χ3v) is 12.5. The Morgan fingerprint density at radius 3 is 2.13 bits per heavy atom. The lowest BCUT2D eigenvalue weighted by Crippen LogP contribution is -2.64. The first-order valence-corrected chi connectivity index (χ1v) is 23.8. The number of carbonyl (C=O) groups is 7. The van der Waals surface area contributed by atoms with Crippen LogP contribution in [-0.4, -0.2) is 199 Å². The fraction of sp³-hybridized carbons (Fsp3) is 0.558. The largest absolute Gasteiger partial charge is 0.504 e. The number of aliphatic hydroxyl groups excluding tert-OH is 6. The smallest absolute Gasteiger partial charge is 0.446 e. The molecule has 3 aliphatic heterocycles. The zero-order valence-electron chi connectivity index (χ0n) is 38.4. The van der Waals surface area contributed by atoms with E-state index in [-0.39, 0.29) is 18.7 Å². The number of benzene rings is 2. The van der Waals surface area contributed by atoms with Crippen LogP contribution in [0.3, 0.4) is 0 Å². The van der Waals surface area contributed by atoms with E-state index < -0.39 is 188 Å². The molecule has 13 atom stereocenters.